The van der Waals surface area contributed by atoms with E-state index in [1.54, 1.807) is 0 Å². The van der Waals surface area contributed by atoms with Crippen LogP contribution in [-0.2, 0) is 6.18 Å². The van der Waals surface area contributed by atoms with Crippen molar-refractivity contribution in [2.45, 2.75) is 12.6 Å². The number of alkyl halides is 3. The molecule has 2 rings (SSSR count). The molecular formula is C11H8BrF4NO. The molecule has 1 fully saturated rings. The van der Waals surface area contributed by atoms with Gasteiger partial charge in [-0.05, 0) is 34.5 Å². The quantitative estimate of drug-likeness (QED) is 0.724. The fourth-order valence-electron chi connectivity index (χ4n) is 1.64. The number of nitrogens with zero attached hydrogens (tertiary/aromatic N) is 1. The lowest BCUT2D eigenvalue weighted by atomic mass is 10.1. The van der Waals surface area contributed by atoms with Crippen LogP contribution >= 0.6 is 15.9 Å². The first kappa shape index (κ1) is 13.3. The summed E-state index contributed by atoms with van der Waals surface area (Å²) in [6, 6.07) is 1.66. The van der Waals surface area contributed by atoms with Crippen molar-refractivity contribution >= 4 is 21.8 Å². The summed E-state index contributed by atoms with van der Waals surface area (Å²) in [6.45, 7) is 0.891. The maximum Gasteiger partial charge on any atom is 0.419 e. The van der Waals surface area contributed by atoms with Crippen molar-refractivity contribution in [3.05, 3.63) is 33.5 Å². The Hall–Kier alpha value is -1.11. The van der Waals surface area contributed by atoms with E-state index in [1.807, 2.05) is 0 Å². The first-order chi connectivity index (χ1) is 8.32. The van der Waals surface area contributed by atoms with Gasteiger partial charge < -0.3 is 4.90 Å². The monoisotopic (exact) mass is 325 g/mol. The number of benzene rings is 1. The molecule has 0 atom stereocenters. The van der Waals surface area contributed by atoms with Crippen molar-refractivity contribution in [1.29, 1.82) is 0 Å². The zero-order valence-corrected chi connectivity index (χ0v) is 10.6. The van der Waals surface area contributed by atoms with Gasteiger partial charge in [0, 0.05) is 17.6 Å². The third-order valence-corrected chi connectivity index (χ3v) is 3.41. The second-order valence-corrected chi connectivity index (χ2v) is 4.78. The Morgan fingerprint density at radius 2 is 1.89 bits per heavy atom. The summed E-state index contributed by atoms with van der Waals surface area (Å²) in [5.74, 6) is -2.23. The average Bonchev–Trinajstić information content (AvgIpc) is 2.12. The van der Waals surface area contributed by atoms with E-state index in [9.17, 15) is 22.4 Å². The highest BCUT2D eigenvalue weighted by Gasteiger charge is 2.37. The molecule has 1 saturated heterocycles. The van der Waals surface area contributed by atoms with Crippen LogP contribution < -0.4 is 0 Å². The molecule has 1 amide bonds. The van der Waals surface area contributed by atoms with Crippen molar-refractivity contribution in [3.63, 3.8) is 0 Å². The van der Waals surface area contributed by atoms with Crippen molar-refractivity contribution in [2.24, 2.45) is 0 Å². The van der Waals surface area contributed by atoms with Crippen LogP contribution in [0.4, 0.5) is 17.6 Å². The summed E-state index contributed by atoms with van der Waals surface area (Å²) < 4.78 is 51.5. The van der Waals surface area contributed by atoms with Crippen molar-refractivity contribution in [2.75, 3.05) is 13.1 Å². The van der Waals surface area contributed by atoms with Gasteiger partial charge in [0.2, 0.25) is 0 Å². The third kappa shape index (κ3) is 2.23. The largest absolute Gasteiger partial charge is 0.419 e. The smallest absolute Gasteiger partial charge is 0.338 e. The van der Waals surface area contributed by atoms with Crippen LogP contribution in [0.1, 0.15) is 22.3 Å². The first-order valence-electron chi connectivity index (χ1n) is 5.17. The highest BCUT2D eigenvalue weighted by atomic mass is 79.9. The molecular weight excluding hydrogens is 318 g/mol. The van der Waals surface area contributed by atoms with Gasteiger partial charge in [-0.1, -0.05) is 0 Å². The molecule has 1 aromatic rings. The topological polar surface area (TPSA) is 20.3 Å². The standard InChI is InChI=1S/C11H8BrF4NO/c12-7-3-2-6(11(14,15)16)9(13)8(7)10(18)17-4-1-5-17/h2-3H,1,4-5H2. The zero-order valence-electron chi connectivity index (χ0n) is 9.02. The number of halogens is 5. The lowest BCUT2D eigenvalue weighted by Gasteiger charge is -2.31. The van der Waals surface area contributed by atoms with Gasteiger partial charge in [-0.2, -0.15) is 13.2 Å². The van der Waals surface area contributed by atoms with Crippen LogP contribution in [0.15, 0.2) is 16.6 Å². The third-order valence-electron chi connectivity index (χ3n) is 2.75. The van der Waals surface area contributed by atoms with Crippen molar-refractivity contribution in [3.8, 4) is 0 Å². The predicted octanol–water partition coefficient (Wildman–Crippen LogP) is 3.45. The Bertz CT molecular complexity index is 497. The van der Waals surface area contributed by atoms with E-state index in [1.165, 1.54) is 4.90 Å². The van der Waals surface area contributed by atoms with E-state index in [-0.39, 0.29) is 4.47 Å². The average molecular weight is 326 g/mol. The van der Waals surface area contributed by atoms with Gasteiger partial charge in [0.05, 0.1) is 11.1 Å². The molecule has 1 aliphatic rings. The number of likely N-dealkylation sites (tertiary alicyclic amines) is 1. The predicted molar refractivity (Wildman–Crippen MR) is 59.6 cm³/mol. The molecule has 0 saturated carbocycles. The first-order valence-corrected chi connectivity index (χ1v) is 5.96. The van der Waals surface area contributed by atoms with Crippen LogP contribution in [0.5, 0.6) is 0 Å². The van der Waals surface area contributed by atoms with Crippen molar-refractivity contribution < 1.29 is 22.4 Å². The summed E-state index contributed by atoms with van der Waals surface area (Å²) in [4.78, 5) is 13.1. The molecule has 0 unspecified atom stereocenters. The van der Waals surface area contributed by atoms with Gasteiger partial charge in [0.25, 0.3) is 5.91 Å². The van der Waals surface area contributed by atoms with E-state index in [0.29, 0.717) is 19.2 Å². The Morgan fingerprint density at radius 1 is 1.28 bits per heavy atom. The molecule has 0 radical (unpaired) electrons. The maximum absolute atomic E-state index is 13.8. The van der Waals surface area contributed by atoms with E-state index in [2.05, 4.69) is 15.9 Å². The summed E-state index contributed by atoms with van der Waals surface area (Å²) >= 11 is 2.92. The van der Waals surface area contributed by atoms with Crippen LogP contribution in [0, 0.1) is 5.82 Å². The molecule has 2 nitrogen and oxygen atoms in total. The Balaban J connectivity index is 2.49. The Kier molecular flexibility index (Phi) is 3.35. The van der Waals surface area contributed by atoms with Crippen LogP contribution in [0.3, 0.4) is 0 Å². The van der Waals surface area contributed by atoms with E-state index >= 15 is 0 Å². The summed E-state index contributed by atoms with van der Waals surface area (Å²) in [5.41, 5.74) is -1.97. The second kappa shape index (κ2) is 4.53. The molecule has 0 N–H and O–H groups in total. The molecule has 0 spiro atoms. The minimum absolute atomic E-state index is 0.0323. The SMILES string of the molecule is O=C(c1c(Br)ccc(C(F)(F)F)c1F)N1CCC1. The molecule has 7 heteroatoms. The molecule has 0 aromatic heterocycles. The lowest BCUT2D eigenvalue weighted by molar-refractivity contribution is -0.140. The number of carbonyl (C=O) groups excluding carboxylic acids is 1. The van der Waals surface area contributed by atoms with Crippen LogP contribution in [0.25, 0.3) is 0 Å². The lowest BCUT2D eigenvalue weighted by Crippen LogP contribution is -2.42. The molecule has 98 valence electrons. The van der Waals surface area contributed by atoms with E-state index in [4.69, 9.17) is 0 Å². The minimum atomic E-state index is -4.81. The number of rotatable bonds is 1. The Morgan fingerprint density at radius 3 is 2.33 bits per heavy atom. The number of amides is 1. The molecule has 1 aliphatic heterocycles. The van der Waals surface area contributed by atoms with Gasteiger partial charge in [-0.3, -0.25) is 4.79 Å². The minimum Gasteiger partial charge on any atom is -0.338 e. The van der Waals surface area contributed by atoms with Gasteiger partial charge >= 0.3 is 6.18 Å². The molecule has 1 aromatic carbocycles. The summed E-state index contributed by atoms with van der Waals surface area (Å²) in [7, 11) is 0. The maximum atomic E-state index is 13.8. The van der Waals surface area contributed by atoms with Gasteiger partial charge in [0.1, 0.15) is 5.82 Å². The molecule has 0 bridgehead atoms. The highest BCUT2D eigenvalue weighted by Crippen LogP contribution is 2.35. The van der Waals surface area contributed by atoms with Gasteiger partial charge in [-0.25, -0.2) is 4.39 Å². The van der Waals surface area contributed by atoms with E-state index < -0.39 is 29.0 Å². The van der Waals surface area contributed by atoms with Crippen LogP contribution in [-0.4, -0.2) is 23.9 Å². The van der Waals surface area contributed by atoms with Gasteiger partial charge in [-0.15, -0.1) is 0 Å². The molecule has 18 heavy (non-hydrogen) atoms. The van der Waals surface area contributed by atoms with Gasteiger partial charge in [0.15, 0.2) is 0 Å². The highest BCUT2D eigenvalue weighted by molar-refractivity contribution is 9.10. The number of carbonyl (C=O) groups is 1. The van der Waals surface area contributed by atoms with Crippen LogP contribution in [0.2, 0.25) is 0 Å². The summed E-state index contributed by atoms with van der Waals surface area (Å²) in [5, 5.41) is 0. The number of hydrogen-bond donors (Lipinski definition) is 0. The summed E-state index contributed by atoms with van der Waals surface area (Å²) in [6.07, 6.45) is -4.03. The fraction of sp³-hybridized carbons (Fsp3) is 0.364. The van der Waals surface area contributed by atoms with Crippen molar-refractivity contribution in [1.82, 2.24) is 4.90 Å². The zero-order chi connectivity index (χ0) is 13.5. The van der Waals surface area contributed by atoms with E-state index in [0.717, 1.165) is 12.5 Å². The molecule has 0 aliphatic carbocycles. The fourth-order valence-corrected chi connectivity index (χ4v) is 2.12. The Labute approximate surface area is 109 Å². The normalized spacial score (nSPS) is 15.5. The second-order valence-electron chi connectivity index (χ2n) is 3.93. The molecule has 1 heterocycles. The number of hydrogen-bond acceptors (Lipinski definition) is 1.